The summed E-state index contributed by atoms with van der Waals surface area (Å²) in [4.78, 5) is 12.4. The molecule has 3 atom stereocenters. The van der Waals surface area contributed by atoms with E-state index in [0.717, 1.165) is 0 Å². The van der Waals surface area contributed by atoms with Crippen molar-refractivity contribution in [1.82, 2.24) is 4.57 Å². The Kier molecular flexibility index (Phi) is 5.85. The van der Waals surface area contributed by atoms with Crippen molar-refractivity contribution in [2.75, 3.05) is 34.7 Å². The number of methoxy groups -OCH3 is 3. The summed E-state index contributed by atoms with van der Waals surface area (Å²) in [6.07, 6.45) is 0.289. The highest BCUT2D eigenvalue weighted by Crippen LogP contribution is 2.46. The normalized spacial score (nSPS) is 26.9. The molecule has 2 heterocycles. The van der Waals surface area contributed by atoms with E-state index in [4.69, 9.17) is 18.9 Å². The number of hydrogen-bond acceptors (Lipinski definition) is 6. The maximum Gasteiger partial charge on any atom is 0.237 e. The van der Waals surface area contributed by atoms with Gasteiger partial charge >= 0.3 is 0 Å². The van der Waals surface area contributed by atoms with Gasteiger partial charge in [-0.05, 0) is 15.9 Å². The maximum atomic E-state index is 12.4. The number of hydrogen-bond donors (Lipinski definition) is 1. The molecule has 0 amide bonds. The molecule has 0 bridgehead atoms. The lowest BCUT2D eigenvalue weighted by atomic mass is 9.75. The number of rotatable bonds is 6. The van der Waals surface area contributed by atoms with Crippen molar-refractivity contribution in [2.45, 2.75) is 25.7 Å². The molecule has 7 nitrogen and oxygen atoms in total. The van der Waals surface area contributed by atoms with Crippen molar-refractivity contribution in [2.24, 2.45) is 5.41 Å². The molecule has 0 aliphatic carbocycles. The standard InChI is InChI=1S/C15H22BrNO6/c1-15(7-20-2)10(18)6-17-5-9(16)12(19)13(22-4)11(17)14(15)23-8-21-3/h5,10,14,18H,6-8H2,1-4H3. The lowest BCUT2D eigenvalue weighted by molar-refractivity contribution is -0.180. The van der Waals surface area contributed by atoms with Crippen LogP contribution in [0.4, 0.5) is 0 Å². The van der Waals surface area contributed by atoms with Crippen LogP contribution in [-0.2, 0) is 20.8 Å². The Morgan fingerprint density at radius 2 is 2.09 bits per heavy atom. The molecule has 3 unspecified atom stereocenters. The van der Waals surface area contributed by atoms with Crippen LogP contribution in [0.1, 0.15) is 18.7 Å². The van der Waals surface area contributed by atoms with Gasteiger partial charge in [0.2, 0.25) is 5.43 Å². The van der Waals surface area contributed by atoms with Gasteiger partial charge in [-0.2, -0.15) is 0 Å². The minimum absolute atomic E-state index is 0.0180. The average Bonchev–Trinajstić information content (AvgIpc) is 2.51. The Hall–Kier alpha value is -0.930. The van der Waals surface area contributed by atoms with Crippen molar-refractivity contribution in [3.63, 3.8) is 0 Å². The topological polar surface area (TPSA) is 79.2 Å². The smallest absolute Gasteiger partial charge is 0.237 e. The van der Waals surface area contributed by atoms with E-state index in [1.807, 2.05) is 6.92 Å². The Morgan fingerprint density at radius 3 is 2.65 bits per heavy atom. The van der Waals surface area contributed by atoms with Crippen molar-refractivity contribution >= 4 is 15.9 Å². The van der Waals surface area contributed by atoms with Crippen molar-refractivity contribution < 1.29 is 24.1 Å². The Balaban J connectivity index is 2.66. The molecule has 2 rings (SSSR count). The number of aliphatic hydroxyl groups is 1. The number of aromatic nitrogens is 1. The Bertz CT molecular complexity index is 619. The van der Waals surface area contributed by atoms with Gasteiger partial charge in [-0.15, -0.1) is 0 Å². The van der Waals surface area contributed by atoms with Gasteiger partial charge in [0.1, 0.15) is 12.9 Å². The van der Waals surface area contributed by atoms with Gasteiger partial charge in [-0.25, -0.2) is 0 Å². The monoisotopic (exact) mass is 391 g/mol. The van der Waals surface area contributed by atoms with Gasteiger partial charge in [0, 0.05) is 27.0 Å². The fourth-order valence-electron chi connectivity index (χ4n) is 3.01. The average molecular weight is 392 g/mol. The summed E-state index contributed by atoms with van der Waals surface area (Å²) in [5.41, 5.74) is -0.440. The minimum atomic E-state index is -0.749. The van der Waals surface area contributed by atoms with Crippen LogP contribution in [0.25, 0.3) is 0 Å². The number of aliphatic hydroxyl groups excluding tert-OH is 1. The molecule has 1 N–H and O–H groups in total. The van der Waals surface area contributed by atoms with Crippen LogP contribution in [0, 0.1) is 5.41 Å². The van der Waals surface area contributed by atoms with E-state index in [9.17, 15) is 9.90 Å². The Morgan fingerprint density at radius 1 is 1.39 bits per heavy atom. The van der Waals surface area contributed by atoms with Crippen LogP contribution in [0.2, 0.25) is 0 Å². The molecule has 8 heteroatoms. The number of nitrogens with zero attached hydrogens (tertiary/aromatic N) is 1. The van der Waals surface area contributed by atoms with Crippen LogP contribution < -0.4 is 10.2 Å². The second kappa shape index (κ2) is 7.31. The van der Waals surface area contributed by atoms with E-state index in [2.05, 4.69) is 15.9 Å². The molecule has 1 aromatic rings. The molecule has 0 saturated heterocycles. The highest BCUT2D eigenvalue weighted by atomic mass is 79.9. The quantitative estimate of drug-likeness (QED) is 0.736. The van der Waals surface area contributed by atoms with E-state index in [-0.39, 0.29) is 24.6 Å². The van der Waals surface area contributed by atoms with Crippen LogP contribution >= 0.6 is 15.9 Å². The number of ether oxygens (including phenoxy) is 4. The first-order valence-electron chi connectivity index (χ1n) is 7.15. The Labute approximate surface area is 143 Å². The van der Waals surface area contributed by atoms with Gasteiger partial charge in [0.25, 0.3) is 0 Å². The summed E-state index contributed by atoms with van der Waals surface area (Å²) in [6.45, 7) is 2.44. The molecule has 0 radical (unpaired) electrons. The fourth-order valence-corrected chi connectivity index (χ4v) is 3.44. The largest absolute Gasteiger partial charge is 0.491 e. The SMILES string of the molecule is COCOC1c2c(OC)c(=O)c(Br)cn2CC(O)C1(C)COC. The van der Waals surface area contributed by atoms with Crippen molar-refractivity contribution in [3.8, 4) is 5.75 Å². The zero-order valence-corrected chi connectivity index (χ0v) is 15.3. The molecule has 0 spiro atoms. The van der Waals surface area contributed by atoms with Gasteiger partial charge in [0.05, 0.1) is 35.4 Å². The van der Waals surface area contributed by atoms with Crippen molar-refractivity contribution in [1.29, 1.82) is 0 Å². The molecular formula is C15H22BrNO6. The van der Waals surface area contributed by atoms with Crippen LogP contribution in [-0.4, -0.2) is 50.5 Å². The second-order valence-corrected chi connectivity index (χ2v) is 6.64. The third-order valence-corrected chi connectivity index (χ3v) is 4.79. The summed E-state index contributed by atoms with van der Waals surface area (Å²) in [6, 6.07) is 0. The molecule has 1 aromatic heterocycles. The second-order valence-electron chi connectivity index (χ2n) is 5.78. The summed E-state index contributed by atoms with van der Waals surface area (Å²) in [7, 11) is 4.51. The predicted molar refractivity (Wildman–Crippen MR) is 86.6 cm³/mol. The van der Waals surface area contributed by atoms with Gasteiger partial charge in [-0.3, -0.25) is 4.79 Å². The van der Waals surface area contributed by atoms with E-state index < -0.39 is 17.6 Å². The summed E-state index contributed by atoms with van der Waals surface area (Å²) in [5, 5.41) is 10.6. The third-order valence-electron chi connectivity index (χ3n) is 4.22. The van der Waals surface area contributed by atoms with Crippen LogP contribution in [0.5, 0.6) is 5.75 Å². The van der Waals surface area contributed by atoms with Crippen LogP contribution in [0.3, 0.4) is 0 Å². The highest BCUT2D eigenvalue weighted by molar-refractivity contribution is 9.10. The molecule has 130 valence electrons. The van der Waals surface area contributed by atoms with Crippen LogP contribution in [0.15, 0.2) is 15.5 Å². The summed E-state index contributed by atoms with van der Waals surface area (Å²) < 4.78 is 23.6. The summed E-state index contributed by atoms with van der Waals surface area (Å²) >= 11 is 3.23. The predicted octanol–water partition coefficient (Wildman–Crippen LogP) is 1.31. The zero-order chi connectivity index (χ0) is 17.2. The van der Waals surface area contributed by atoms with E-state index in [0.29, 0.717) is 16.7 Å². The van der Waals surface area contributed by atoms with Crippen molar-refractivity contribution in [3.05, 3.63) is 26.6 Å². The lowest BCUT2D eigenvalue weighted by Gasteiger charge is -2.45. The van der Waals surface area contributed by atoms with Gasteiger partial charge in [0.15, 0.2) is 5.75 Å². The van der Waals surface area contributed by atoms with Gasteiger partial charge < -0.3 is 28.6 Å². The molecule has 1 aliphatic rings. The summed E-state index contributed by atoms with van der Waals surface area (Å²) in [5.74, 6) is 0.190. The maximum absolute atomic E-state index is 12.4. The van der Waals surface area contributed by atoms with E-state index in [1.54, 1.807) is 17.9 Å². The molecule has 0 saturated carbocycles. The molecular weight excluding hydrogens is 370 g/mol. The lowest BCUT2D eigenvalue weighted by Crippen LogP contribution is -2.50. The number of halogens is 1. The molecule has 0 aromatic carbocycles. The first kappa shape index (κ1) is 18.4. The number of pyridine rings is 1. The highest BCUT2D eigenvalue weighted by Gasteiger charge is 2.49. The molecule has 0 fully saturated rings. The number of fused-ring (bicyclic) bond motifs is 1. The fraction of sp³-hybridized carbons (Fsp3) is 0.667. The zero-order valence-electron chi connectivity index (χ0n) is 13.7. The van der Waals surface area contributed by atoms with E-state index in [1.165, 1.54) is 14.2 Å². The van der Waals surface area contributed by atoms with E-state index >= 15 is 0 Å². The third kappa shape index (κ3) is 3.18. The molecule has 23 heavy (non-hydrogen) atoms. The van der Waals surface area contributed by atoms with Gasteiger partial charge in [-0.1, -0.05) is 6.92 Å². The minimum Gasteiger partial charge on any atom is -0.491 e. The first-order valence-corrected chi connectivity index (χ1v) is 7.94. The molecule has 1 aliphatic heterocycles. The first-order chi connectivity index (χ1) is 10.9.